The zero-order chi connectivity index (χ0) is 11.5. The van der Waals surface area contributed by atoms with Crippen molar-refractivity contribution in [1.82, 2.24) is 4.90 Å². The number of nitrogens with zero attached hydrogens (tertiary/aromatic N) is 2. The Morgan fingerprint density at radius 1 is 1.47 bits per heavy atom. The lowest BCUT2D eigenvalue weighted by molar-refractivity contribution is -0.151. The quantitative estimate of drug-likeness (QED) is 0.703. The average molecular weight is 212 g/mol. The van der Waals surface area contributed by atoms with Crippen LogP contribution in [0.4, 0.5) is 4.79 Å². The summed E-state index contributed by atoms with van der Waals surface area (Å²) in [6.07, 6.45) is -0.426. The molecule has 0 aromatic rings. The Morgan fingerprint density at radius 3 is 2.60 bits per heavy atom. The van der Waals surface area contributed by atoms with Gasteiger partial charge in [0.2, 0.25) is 0 Å². The molecule has 1 rings (SSSR count). The zero-order valence-electron chi connectivity index (χ0n) is 8.14. The standard InChI is InChI=1S/C9H12N2O4/c10-4-3-9(7(12)13)2-1-5-11(6-9)8(14)15/h1-3,5-6H2,(H,12,13)(H,14,15). The van der Waals surface area contributed by atoms with Crippen LogP contribution in [-0.4, -0.2) is 40.3 Å². The van der Waals surface area contributed by atoms with Crippen LogP contribution in [-0.2, 0) is 4.79 Å². The first kappa shape index (κ1) is 11.3. The predicted octanol–water partition coefficient (Wildman–Crippen LogP) is 0.745. The summed E-state index contributed by atoms with van der Waals surface area (Å²) in [6, 6.07) is 1.82. The first-order chi connectivity index (χ1) is 7.02. The van der Waals surface area contributed by atoms with Crippen molar-refractivity contribution < 1.29 is 19.8 Å². The summed E-state index contributed by atoms with van der Waals surface area (Å²) < 4.78 is 0. The summed E-state index contributed by atoms with van der Waals surface area (Å²) in [7, 11) is 0. The molecule has 2 N–H and O–H groups in total. The molecule has 1 atom stereocenters. The first-order valence-corrected chi connectivity index (χ1v) is 4.60. The number of carboxylic acids is 1. The number of likely N-dealkylation sites (tertiary alicyclic amines) is 1. The highest BCUT2D eigenvalue weighted by atomic mass is 16.4. The largest absolute Gasteiger partial charge is 0.481 e. The van der Waals surface area contributed by atoms with Gasteiger partial charge in [0, 0.05) is 13.1 Å². The van der Waals surface area contributed by atoms with Gasteiger partial charge in [0.25, 0.3) is 0 Å². The summed E-state index contributed by atoms with van der Waals surface area (Å²) in [4.78, 5) is 22.8. The van der Waals surface area contributed by atoms with Crippen LogP contribution in [0, 0.1) is 16.7 Å². The molecule has 6 heteroatoms. The molecule has 15 heavy (non-hydrogen) atoms. The van der Waals surface area contributed by atoms with Gasteiger partial charge in [0.05, 0.1) is 17.9 Å². The molecule has 1 fully saturated rings. The van der Waals surface area contributed by atoms with E-state index in [1.165, 1.54) is 0 Å². The van der Waals surface area contributed by atoms with Gasteiger partial charge in [0.1, 0.15) is 0 Å². The molecule has 1 aliphatic rings. The molecule has 0 aromatic heterocycles. The molecule has 1 unspecified atom stereocenters. The summed E-state index contributed by atoms with van der Waals surface area (Å²) in [6.45, 7) is 0.251. The molecular formula is C9H12N2O4. The lowest BCUT2D eigenvalue weighted by Crippen LogP contribution is -2.49. The van der Waals surface area contributed by atoms with Gasteiger partial charge in [-0.15, -0.1) is 0 Å². The summed E-state index contributed by atoms with van der Waals surface area (Å²) >= 11 is 0. The maximum absolute atomic E-state index is 11.1. The van der Waals surface area contributed by atoms with E-state index in [-0.39, 0.29) is 13.0 Å². The van der Waals surface area contributed by atoms with E-state index >= 15 is 0 Å². The van der Waals surface area contributed by atoms with Crippen molar-refractivity contribution in [3.8, 4) is 6.07 Å². The minimum Gasteiger partial charge on any atom is -0.481 e. The molecule has 1 aliphatic heterocycles. The molecule has 0 bridgehead atoms. The first-order valence-electron chi connectivity index (χ1n) is 4.60. The van der Waals surface area contributed by atoms with Crippen molar-refractivity contribution >= 4 is 12.1 Å². The molecule has 0 aromatic carbocycles. The SMILES string of the molecule is N#CCC1(C(=O)O)CCCN(C(=O)O)C1. The Kier molecular flexibility index (Phi) is 3.14. The normalized spacial score (nSPS) is 25.7. The number of rotatable bonds is 2. The Labute approximate surface area is 86.7 Å². The van der Waals surface area contributed by atoms with E-state index < -0.39 is 17.5 Å². The number of amides is 1. The van der Waals surface area contributed by atoms with E-state index in [0.717, 1.165) is 4.90 Å². The zero-order valence-corrected chi connectivity index (χ0v) is 8.14. The van der Waals surface area contributed by atoms with Crippen LogP contribution in [0.2, 0.25) is 0 Å². The number of aliphatic carboxylic acids is 1. The molecule has 82 valence electrons. The maximum atomic E-state index is 11.1. The minimum atomic E-state index is -1.22. The van der Waals surface area contributed by atoms with Crippen LogP contribution in [0.25, 0.3) is 0 Å². The van der Waals surface area contributed by atoms with Crippen molar-refractivity contribution in [3.63, 3.8) is 0 Å². The van der Waals surface area contributed by atoms with Crippen molar-refractivity contribution in [2.24, 2.45) is 5.41 Å². The summed E-state index contributed by atoms with van der Waals surface area (Å²) in [5.74, 6) is -1.09. The van der Waals surface area contributed by atoms with Crippen LogP contribution in [0.1, 0.15) is 19.3 Å². The van der Waals surface area contributed by atoms with Gasteiger partial charge in [-0.25, -0.2) is 4.79 Å². The molecule has 1 amide bonds. The predicted molar refractivity (Wildman–Crippen MR) is 49.1 cm³/mol. The second-order valence-electron chi connectivity index (χ2n) is 3.73. The van der Waals surface area contributed by atoms with Crippen molar-refractivity contribution in [2.75, 3.05) is 13.1 Å². The molecule has 6 nitrogen and oxygen atoms in total. The molecule has 0 aliphatic carbocycles. The maximum Gasteiger partial charge on any atom is 0.407 e. The fourth-order valence-electron chi connectivity index (χ4n) is 1.84. The van der Waals surface area contributed by atoms with E-state index in [1.54, 1.807) is 0 Å². The van der Waals surface area contributed by atoms with E-state index in [4.69, 9.17) is 15.5 Å². The Bertz CT molecular complexity index is 323. The van der Waals surface area contributed by atoms with Crippen molar-refractivity contribution in [2.45, 2.75) is 19.3 Å². The number of nitriles is 1. The molecule has 1 heterocycles. The number of piperidine rings is 1. The van der Waals surface area contributed by atoms with Crippen LogP contribution in [0.15, 0.2) is 0 Å². The van der Waals surface area contributed by atoms with Gasteiger partial charge in [-0.05, 0) is 12.8 Å². The Balaban J connectivity index is 2.85. The van der Waals surface area contributed by atoms with Gasteiger partial charge < -0.3 is 15.1 Å². The van der Waals surface area contributed by atoms with E-state index in [2.05, 4.69) is 0 Å². The lowest BCUT2D eigenvalue weighted by atomic mass is 9.77. The molecular weight excluding hydrogens is 200 g/mol. The lowest BCUT2D eigenvalue weighted by Gasteiger charge is -2.37. The van der Waals surface area contributed by atoms with Crippen LogP contribution < -0.4 is 0 Å². The minimum absolute atomic E-state index is 0.0920. The third-order valence-electron chi connectivity index (χ3n) is 2.72. The third kappa shape index (κ3) is 2.18. The average Bonchev–Trinajstić information content (AvgIpc) is 2.18. The monoisotopic (exact) mass is 212 g/mol. The smallest absolute Gasteiger partial charge is 0.407 e. The molecule has 0 radical (unpaired) electrons. The van der Waals surface area contributed by atoms with Crippen molar-refractivity contribution in [1.29, 1.82) is 5.26 Å². The van der Waals surface area contributed by atoms with Crippen LogP contribution in [0.3, 0.4) is 0 Å². The van der Waals surface area contributed by atoms with Gasteiger partial charge in [0.15, 0.2) is 0 Å². The van der Waals surface area contributed by atoms with Gasteiger partial charge in [-0.2, -0.15) is 5.26 Å². The van der Waals surface area contributed by atoms with Gasteiger partial charge in [-0.3, -0.25) is 4.79 Å². The summed E-state index contributed by atoms with van der Waals surface area (Å²) in [5, 5.41) is 26.4. The van der Waals surface area contributed by atoms with E-state index in [1.807, 2.05) is 6.07 Å². The third-order valence-corrected chi connectivity index (χ3v) is 2.72. The number of hydrogen-bond donors (Lipinski definition) is 2. The highest BCUT2D eigenvalue weighted by Crippen LogP contribution is 2.33. The fourth-order valence-corrected chi connectivity index (χ4v) is 1.84. The summed E-state index contributed by atoms with van der Waals surface area (Å²) in [5.41, 5.74) is -1.22. The number of carbonyl (C=O) groups is 2. The number of hydrogen-bond acceptors (Lipinski definition) is 3. The van der Waals surface area contributed by atoms with E-state index in [9.17, 15) is 9.59 Å². The van der Waals surface area contributed by atoms with Crippen molar-refractivity contribution in [3.05, 3.63) is 0 Å². The second kappa shape index (κ2) is 4.17. The Morgan fingerprint density at radius 2 is 2.13 bits per heavy atom. The fraction of sp³-hybridized carbons (Fsp3) is 0.667. The van der Waals surface area contributed by atoms with E-state index in [0.29, 0.717) is 19.4 Å². The topological polar surface area (TPSA) is 102 Å². The second-order valence-corrected chi connectivity index (χ2v) is 3.73. The van der Waals surface area contributed by atoms with Crippen LogP contribution >= 0.6 is 0 Å². The van der Waals surface area contributed by atoms with Gasteiger partial charge in [-0.1, -0.05) is 0 Å². The molecule has 0 saturated carbocycles. The highest BCUT2D eigenvalue weighted by molar-refractivity contribution is 5.77. The molecule has 0 spiro atoms. The van der Waals surface area contributed by atoms with Gasteiger partial charge >= 0.3 is 12.1 Å². The van der Waals surface area contributed by atoms with Crippen LogP contribution in [0.5, 0.6) is 0 Å². The Hall–Kier alpha value is -1.77. The molecule has 1 saturated heterocycles. The number of carboxylic acid groups (broad SMARTS) is 2. The highest BCUT2D eigenvalue weighted by Gasteiger charge is 2.43.